The molecule has 1 unspecified atom stereocenters. The Kier molecular flexibility index (Phi) is 2.09. The average Bonchev–Trinajstić information content (AvgIpc) is 2.77. The van der Waals surface area contributed by atoms with Crippen molar-refractivity contribution < 1.29 is 0 Å². The minimum atomic E-state index is -0.240. The van der Waals surface area contributed by atoms with E-state index in [9.17, 15) is 0 Å². The van der Waals surface area contributed by atoms with Crippen LogP contribution in [0.5, 0.6) is 0 Å². The molecule has 2 aromatic rings. The van der Waals surface area contributed by atoms with Crippen molar-refractivity contribution in [2.45, 2.75) is 13.0 Å². The molecule has 0 saturated heterocycles. The second-order valence-corrected chi connectivity index (χ2v) is 3.24. The van der Waals surface area contributed by atoms with E-state index in [-0.39, 0.29) is 6.04 Å². The second kappa shape index (κ2) is 3.26. The van der Waals surface area contributed by atoms with Crippen LogP contribution in [-0.2, 0) is 7.05 Å². The van der Waals surface area contributed by atoms with E-state index >= 15 is 0 Å². The molecule has 5 heteroatoms. The summed E-state index contributed by atoms with van der Waals surface area (Å²) in [5, 5.41) is 0. The molecule has 14 heavy (non-hydrogen) atoms. The van der Waals surface area contributed by atoms with Gasteiger partial charge in [-0.15, -0.1) is 0 Å². The van der Waals surface area contributed by atoms with Crippen molar-refractivity contribution in [3.8, 4) is 0 Å². The van der Waals surface area contributed by atoms with Gasteiger partial charge in [-0.3, -0.25) is 0 Å². The summed E-state index contributed by atoms with van der Waals surface area (Å²) in [5.41, 5.74) is 6.98. The number of nitrogens with two attached hydrogens (primary N) is 1. The van der Waals surface area contributed by atoms with Crippen LogP contribution in [-0.4, -0.2) is 19.5 Å². The zero-order valence-corrected chi connectivity index (χ0v) is 8.23. The molecule has 0 aliphatic carbocycles. The summed E-state index contributed by atoms with van der Waals surface area (Å²) in [6.07, 6.45) is 5.24. The molecule has 1 atom stereocenters. The van der Waals surface area contributed by atoms with Crippen LogP contribution in [0.3, 0.4) is 0 Å². The van der Waals surface area contributed by atoms with Gasteiger partial charge in [0.2, 0.25) is 0 Å². The van der Waals surface area contributed by atoms with Crippen LogP contribution in [0.2, 0.25) is 0 Å². The number of nitrogens with one attached hydrogen (secondary N) is 1. The van der Waals surface area contributed by atoms with Crippen LogP contribution in [0.15, 0.2) is 18.6 Å². The van der Waals surface area contributed by atoms with Gasteiger partial charge < -0.3 is 15.3 Å². The van der Waals surface area contributed by atoms with Crippen LogP contribution in [0.25, 0.3) is 0 Å². The third-order valence-electron chi connectivity index (χ3n) is 2.39. The molecule has 2 heterocycles. The van der Waals surface area contributed by atoms with E-state index in [1.807, 2.05) is 18.5 Å². The Labute approximate surface area is 82.0 Å². The quantitative estimate of drug-likeness (QED) is 0.726. The van der Waals surface area contributed by atoms with Crippen LogP contribution < -0.4 is 5.73 Å². The summed E-state index contributed by atoms with van der Waals surface area (Å²) in [6, 6.07) is -0.240. The third kappa shape index (κ3) is 1.31. The molecule has 0 bridgehead atoms. The number of aromatic nitrogens is 4. The highest BCUT2D eigenvalue weighted by Gasteiger charge is 2.15. The van der Waals surface area contributed by atoms with E-state index < -0.39 is 0 Å². The lowest BCUT2D eigenvalue weighted by Gasteiger charge is -2.09. The lowest BCUT2D eigenvalue weighted by molar-refractivity contribution is 0.701. The highest BCUT2D eigenvalue weighted by atomic mass is 15.1. The smallest absolute Gasteiger partial charge is 0.129 e. The molecule has 74 valence electrons. The molecular formula is C9H13N5. The van der Waals surface area contributed by atoms with Gasteiger partial charge in [0.15, 0.2) is 0 Å². The number of hydrogen-bond donors (Lipinski definition) is 2. The number of imidazole rings is 2. The van der Waals surface area contributed by atoms with Gasteiger partial charge in [0.05, 0.1) is 11.9 Å². The van der Waals surface area contributed by atoms with E-state index in [4.69, 9.17) is 5.73 Å². The minimum absolute atomic E-state index is 0.240. The summed E-state index contributed by atoms with van der Waals surface area (Å²) in [6.45, 7) is 1.94. The van der Waals surface area contributed by atoms with Crippen molar-refractivity contribution >= 4 is 0 Å². The number of rotatable bonds is 2. The standard InChI is InChI=1S/C9H13N5/c1-6-13-5-7(14(6)2)8(10)9-11-3-4-12-9/h3-5,8H,10H2,1-2H3,(H,11,12). The predicted octanol–water partition coefficient (Wildman–Crippen LogP) is 0.500. The van der Waals surface area contributed by atoms with Crippen molar-refractivity contribution in [3.63, 3.8) is 0 Å². The van der Waals surface area contributed by atoms with Crippen molar-refractivity contribution in [1.29, 1.82) is 0 Å². The van der Waals surface area contributed by atoms with Gasteiger partial charge in [-0.1, -0.05) is 0 Å². The van der Waals surface area contributed by atoms with Crippen LogP contribution in [0.1, 0.15) is 23.4 Å². The summed E-state index contributed by atoms with van der Waals surface area (Å²) < 4.78 is 1.97. The highest BCUT2D eigenvalue weighted by Crippen LogP contribution is 2.15. The average molecular weight is 191 g/mol. The van der Waals surface area contributed by atoms with Gasteiger partial charge in [0.1, 0.15) is 17.7 Å². The van der Waals surface area contributed by atoms with Gasteiger partial charge >= 0.3 is 0 Å². The minimum Gasteiger partial charge on any atom is -0.347 e. The fourth-order valence-electron chi connectivity index (χ4n) is 1.40. The zero-order chi connectivity index (χ0) is 10.1. The number of H-pyrrole nitrogens is 1. The monoisotopic (exact) mass is 191 g/mol. The van der Waals surface area contributed by atoms with E-state index in [0.717, 1.165) is 17.3 Å². The second-order valence-electron chi connectivity index (χ2n) is 3.24. The van der Waals surface area contributed by atoms with E-state index in [1.54, 1.807) is 18.6 Å². The van der Waals surface area contributed by atoms with E-state index in [2.05, 4.69) is 15.0 Å². The van der Waals surface area contributed by atoms with Gasteiger partial charge in [-0.05, 0) is 6.92 Å². The molecule has 0 aromatic carbocycles. The molecule has 2 rings (SSSR count). The normalized spacial score (nSPS) is 13.1. The third-order valence-corrected chi connectivity index (χ3v) is 2.39. The molecule has 0 radical (unpaired) electrons. The maximum absolute atomic E-state index is 6.02. The largest absolute Gasteiger partial charge is 0.347 e. The SMILES string of the molecule is Cc1ncc(C(N)c2ncc[nH]2)n1C. The molecule has 0 amide bonds. The molecule has 0 spiro atoms. The Hall–Kier alpha value is -1.62. The highest BCUT2D eigenvalue weighted by molar-refractivity contribution is 5.16. The lowest BCUT2D eigenvalue weighted by Crippen LogP contribution is -2.17. The van der Waals surface area contributed by atoms with Crippen LogP contribution in [0.4, 0.5) is 0 Å². The van der Waals surface area contributed by atoms with E-state index in [1.165, 1.54) is 0 Å². The Morgan fingerprint density at radius 1 is 1.50 bits per heavy atom. The Balaban J connectivity index is 2.36. The summed E-state index contributed by atoms with van der Waals surface area (Å²) in [5.74, 6) is 1.70. The molecule has 0 fully saturated rings. The maximum atomic E-state index is 6.02. The van der Waals surface area contributed by atoms with Crippen molar-refractivity contribution in [2.24, 2.45) is 12.8 Å². The first-order valence-corrected chi connectivity index (χ1v) is 4.43. The molecule has 3 N–H and O–H groups in total. The summed E-state index contributed by atoms with van der Waals surface area (Å²) >= 11 is 0. The van der Waals surface area contributed by atoms with Gasteiger partial charge in [-0.25, -0.2) is 9.97 Å². The van der Waals surface area contributed by atoms with Crippen molar-refractivity contribution in [3.05, 3.63) is 35.9 Å². The maximum Gasteiger partial charge on any atom is 0.129 e. The predicted molar refractivity (Wildman–Crippen MR) is 52.6 cm³/mol. The Morgan fingerprint density at radius 3 is 2.79 bits per heavy atom. The van der Waals surface area contributed by atoms with E-state index in [0.29, 0.717) is 0 Å². The first-order valence-electron chi connectivity index (χ1n) is 4.43. The number of aryl methyl sites for hydroxylation is 1. The Morgan fingerprint density at radius 2 is 2.29 bits per heavy atom. The number of aromatic amines is 1. The first kappa shape index (κ1) is 8.96. The molecule has 5 nitrogen and oxygen atoms in total. The fraction of sp³-hybridized carbons (Fsp3) is 0.333. The molecule has 2 aromatic heterocycles. The van der Waals surface area contributed by atoms with Gasteiger partial charge in [0.25, 0.3) is 0 Å². The first-order chi connectivity index (χ1) is 6.70. The van der Waals surface area contributed by atoms with Crippen molar-refractivity contribution in [1.82, 2.24) is 19.5 Å². The summed E-state index contributed by atoms with van der Waals surface area (Å²) in [4.78, 5) is 11.3. The lowest BCUT2D eigenvalue weighted by atomic mass is 10.2. The summed E-state index contributed by atoms with van der Waals surface area (Å²) in [7, 11) is 1.94. The molecule has 0 aliphatic rings. The van der Waals surface area contributed by atoms with Gasteiger partial charge in [0, 0.05) is 19.4 Å². The molecular weight excluding hydrogens is 178 g/mol. The molecule has 0 saturated carbocycles. The number of hydrogen-bond acceptors (Lipinski definition) is 3. The topological polar surface area (TPSA) is 72.5 Å². The molecule has 0 aliphatic heterocycles. The number of nitrogens with zero attached hydrogens (tertiary/aromatic N) is 3. The zero-order valence-electron chi connectivity index (χ0n) is 8.23. The van der Waals surface area contributed by atoms with Crippen molar-refractivity contribution in [2.75, 3.05) is 0 Å². The van der Waals surface area contributed by atoms with Crippen LogP contribution >= 0.6 is 0 Å². The fourth-order valence-corrected chi connectivity index (χ4v) is 1.40. The van der Waals surface area contributed by atoms with Gasteiger partial charge in [-0.2, -0.15) is 0 Å². The Bertz CT molecular complexity index is 414. The van der Waals surface area contributed by atoms with Crippen LogP contribution in [0, 0.1) is 6.92 Å².